The number of hydrogen-bond donors (Lipinski definition) is 1. The molecule has 2 aromatic heterocycles. The van der Waals surface area contributed by atoms with Gasteiger partial charge in [-0.1, -0.05) is 11.6 Å². The number of H-pyrrole nitrogens is 1. The predicted molar refractivity (Wildman–Crippen MR) is 59.9 cm³/mol. The summed E-state index contributed by atoms with van der Waals surface area (Å²) >= 11 is 5.86. The average molecular weight is 238 g/mol. The largest absolute Gasteiger partial charge is 0.466 e. The van der Waals surface area contributed by atoms with Gasteiger partial charge in [0.2, 0.25) is 0 Å². The van der Waals surface area contributed by atoms with Crippen molar-refractivity contribution in [3.05, 3.63) is 29.3 Å². The maximum absolute atomic E-state index is 10.9. The number of aromatic amines is 1. The number of nitrogens with one attached hydrogen (secondary N) is 1. The Morgan fingerprint density at radius 3 is 3.12 bits per heavy atom. The van der Waals surface area contributed by atoms with Crippen LogP contribution in [-0.4, -0.2) is 28.0 Å². The summed E-state index contributed by atoms with van der Waals surface area (Å²) in [5.74, 6) is -0.422. The first kappa shape index (κ1) is 10.6. The molecule has 0 aliphatic carbocycles. The van der Waals surface area contributed by atoms with Crippen LogP contribution in [0.1, 0.15) is 5.56 Å². The second kappa shape index (κ2) is 4.32. The summed E-state index contributed by atoms with van der Waals surface area (Å²) in [7, 11) is 1.32. The van der Waals surface area contributed by atoms with Gasteiger partial charge in [-0.25, -0.2) is 14.8 Å². The van der Waals surface area contributed by atoms with E-state index in [1.54, 1.807) is 12.3 Å². The minimum Gasteiger partial charge on any atom is -0.466 e. The topological polar surface area (TPSA) is 67.9 Å². The number of aromatic nitrogens is 3. The van der Waals surface area contributed by atoms with E-state index in [0.717, 1.165) is 5.56 Å². The highest BCUT2D eigenvalue weighted by atomic mass is 35.5. The van der Waals surface area contributed by atoms with Crippen molar-refractivity contribution in [2.24, 2.45) is 0 Å². The molecule has 0 unspecified atom stereocenters. The van der Waals surface area contributed by atoms with Crippen molar-refractivity contribution in [3.8, 4) is 0 Å². The van der Waals surface area contributed by atoms with Crippen LogP contribution in [0, 0.1) is 0 Å². The maximum Gasteiger partial charge on any atom is 0.330 e. The van der Waals surface area contributed by atoms with Crippen molar-refractivity contribution < 1.29 is 9.53 Å². The van der Waals surface area contributed by atoms with E-state index in [0.29, 0.717) is 16.2 Å². The third-order valence-electron chi connectivity index (χ3n) is 2.05. The quantitative estimate of drug-likeness (QED) is 0.491. The van der Waals surface area contributed by atoms with Gasteiger partial charge in [-0.05, 0) is 6.08 Å². The third-order valence-corrected chi connectivity index (χ3v) is 2.33. The van der Waals surface area contributed by atoms with E-state index in [2.05, 4.69) is 19.7 Å². The molecule has 0 saturated heterocycles. The first-order valence-corrected chi connectivity index (χ1v) is 4.84. The van der Waals surface area contributed by atoms with E-state index >= 15 is 0 Å². The van der Waals surface area contributed by atoms with Gasteiger partial charge in [0.15, 0.2) is 5.15 Å². The van der Waals surface area contributed by atoms with E-state index in [1.807, 2.05) is 0 Å². The molecule has 1 N–H and O–H groups in total. The van der Waals surface area contributed by atoms with Crippen molar-refractivity contribution in [2.45, 2.75) is 0 Å². The molecule has 6 heteroatoms. The molecule has 0 spiro atoms. The minimum absolute atomic E-state index is 0.350. The number of esters is 1. The zero-order valence-corrected chi connectivity index (χ0v) is 9.15. The molecule has 0 bridgehead atoms. The molecule has 0 amide bonds. The number of carbonyl (C=O) groups is 1. The fourth-order valence-electron chi connectivity index (χ4n) is 1.28. The van der Waals surface area contributed by atoms with Crippen molar-refractivity contribution in [1.29, 1.82) is 0 Å². The van der Waals surface area contributed by atoms with Crippen LogP contribution in [0.4, 0.5) is 0 Å². The average Bonchev–Trinajstić information content (AvgIpc) is 2.70. The van der Waals surface area contributed by atoms with Crippen molar-refractivity contribution in [2.75, 3.05) is 7.11 Å². The fourth-order valence-corrected chi connectivity index (χ4v) is 1.47. The lowest BCUT2D eigenvalue weighted by Gasteiger charge is -1.92. The zero-order valence-electron chi connectivity index (χ0n) is 8.40. The van der Waals surface area contributed by atoms with Crippen LogP contribution in [0.2, 0.25) is 5.15 Å². The SMILES string of the molecule is COC(=O)C=Cc1c[nH]c2c(Cl)ncnc12. The fraction of sp³-hybridized carbons (Fsp3) is 0.100. The molecule has 82 valence electrons. The standard InChI is InChI=1S/C10H8ClN3O2/c1-16-7(15)3-2-6-4-12-9-8(6)13-5-14-10(9)11/h2-5,12H,1H3. The van der Waals surface area contributed by atoms with Crippen LogP contribution in [-0.2, 0) is 9.53 Å². The highest BCUT2D eigenvalue weighted by Gasteiger charge is 2.06. The molecule has 16 heavy (non-hydrogen) atoms. The highest BCUT2D eigenvalue weighted by Crippen LogP contribution is 2.21. The van der Waals surface area contributed by atoms with Crippen molar-refractivity contribution in [1.82, 2.24) is 15.0 Å². The summed E-state index contributed by atoms with van der Waals surface area (Å²) in [6.07, 6.45) is 5.99. The van der Waals surface area contributed by atoms with Crippen molar-refractivity contribution in [3.63, 3.8) is 0 Å². The molecule has 5 nitrogen and oxygen atoms in total. The lowest BCUT2D eigenvalue weighted by atomic mass is 10.2. The van der Waals surface area contributed by atoms with Crippen LogP contribution < -0.4 is 0 Å². The van der Waals surface area contributed by atoms with Gasteiger partial charge >= 0.3 is 5.97 Å². The minimum atomic E-state index is -0.422. The Hall–Kier alpha value is -1.88. The number of rotatable bonds is 2. The second-order valence-electron chi connectivity index (χ2n) is 2.99. The van der Waals surface area contributed by atoms with Gasteiger partial charge in [-0.15, -0.1) is 0 Å². The normalized spacial score (nSPS) is 11.1. The second-order valence-corrected chi connectivity index (χ2v) is 3.35. The molecule has 0 fully saturated rings. The van der Waals surface area contributed by atoms with E-state index in [1.165, 1.54) is 19.5 Å². The number of ether oxygens (including phenoxy) is 1. The zero-order chi connectivity index (χ0) is 11.5. The van der Waals surface area contributed by atoms with E-state index in [4.69, 9.17) is 11.6 Å². The Morgan fingerprint density at radius 1 is 1.56 bits per heavy atom. The van der Waals surface area contributed by atoms with Crippen LogP contribution in [0.25, 0.3) is 17.1 Å². The first-order chi connectivity index (χ1) is 7.72. The van der Waals surface area contributed by atoms with E-state index in [9.17, 15) is 4.79 Å². The van der Waals surface area contributed by atoms with Gasteiger partial charge in [-0.3, -0.25) is 0 Å². The number of carbonyl (C=O) groups excluding carboxylic acids is 1. The highest BCUT2D eigenvalue weighted by molar-refractivity contribution is 6.33. The maximum atomic E-state index is 10.9. The summed E-state index contributed by atoms with van der Waals surface area (Å²) in [6.45, 7) is 0. The summed E-state index contributed by atoms with van der Waals surface area (Å²) in [4.78, 5) is 21.8. The lowest BCUT2D eigenvalue weighted by Crippen LogP contribution is -1.93. The molecule has 2 aromatic rings. The molecule has 0 aliphatic heterocycles. The summed E-state index contributed by atoms with van der Waals surface area (Å²) in [5.41, 5.74) is 2.07. The van der Waals surface area contributed by atoms with Gasteiger partial charge in [-0.2, -0.15) is 0 Å². The molecule has 0 radical (unpaired) electrons. The van der Waals surface area contributed by atoms with Crippen LogP contribution in [0.5, 0.6) is 0 Å². The number of halogens is 1. The molecule has 0 atom stereocenters. The lowest BCUT2D eigenvalue weighted by molar-refractivity contribution is -0.134. The van der Waals surface area contributed by atoms with Gasteiger partial charge in [0.1, 0.15) is 17.4 Å². The smallest absolute Gasteiger partial charge is 0.330 e. The van der Waals surface area contributed by atoms with Crippen LogP contribution in [0.15, 0.2) is 18.6 Å². The van der Waals surface area contributed by atoms with Crippen LogP contribution in [0.3, 0.4) is 0 Å². The monoisotopic (exact) mass is 237 g/mol. The van der Waals surface area contributed by atoms with Gasteiger partial charge in [0.25, 0.3) is 0 Å². The Kier molecular flexibility index (Phi) is 2.87. The Bertz CT molecular complexity index is 562. The molecule has 0 saturated carbocycles. The molecular formula is C10H8ClN3O2. The third kappa shape index (κ3) is 1.90. The summed E-state index contributed by atoms with van der Waals surface area (Å²) in [6, 6.07) is 0. The number of methoxy groups -OCH3 is 1. The summed E-state index contributed by atoms with van der Waals surface area (Å²) < 4.78 is 4.49. The van der Waals surface area contributed by atoms with Crippen LogP contribution >= 0.6 is 11.6 Å². The first-order valence-electron chi connectivity index (χ1n) is 4.46. The Morgan fingerprint density at radius 2 is 2.38 bits per heavy atom. The molecule has 0 aromatic carbocycles. The summed E-state index contributed by atoms with van der Waals surface area (Å²) in [5, 5.41) is 0.350. The predicted octanol–water partition coefficient (Wildman–Crippen LogP) is 1.80. The van der Waals surface area contributed by atoms with Gasteiger partial charge < -0.3 is 9.72 Å². The van der Waals surface area contributed by atoms with Gasteiger partial charge in [0.05, 0.1) is 7.11 Å². The van der Waals surface area contributed by atoms with E-state index in [-0.39, 0.29) is 0 Å². The Balaban J connectivity index is 2.43. The van der Waals surface area contributed by atoms with Crippen molar-refractivity contribution >= 4 is 34.7 Å². The molecule has 2 rings (SSSR count). The molecular weight excluding hydrogens is 230 g/mol. The number of hydrogen-bond acceptors (Lipinski definition) is 4. The number of nitrogens with zero attached hydrogens (tertiary/aromatic N) is 2. The van der Waals surface area contributed by atoms with Gasteiger partial charge in [0, 0.05) is 17.8 Å². The number of fused-ring (bicyclic) bond motifs is 1. The van der Waals surface area contributed by atoms with E-state index < -0.39 is 5.97 Å². The molecule has 2 heterocycles. The Labute approximate surface area is 96.1 Å². The molecule has 0 aliphatic rings.